The number of nitrogens with one attached hydrogen (secondary N) is 1. The number of pyridine rings is 1. The molecule has 0 fully saturated rings. The van der Waals surface area contributed by atoms with E-state index in [-0.39, 0.29) is 4.90 Å². The number of benzene rings is 1. The molecule has 0 aliphatic heterocycles. The topological polar surface area (TPSA) is 59.1 Å². The average molecular weight is 313 g/mol. The molecule has 4 nitrogen and oxygen atoms in total. The standard InChI is InChI=1S/C14H17ClN2O2S/c1-4-14(2,3)17-20(18,19)11-6-7-12-10(9-11)5-8-13(15)16-12/h5-9,17H,4H2,1-3H3. The van der Waals surface area contributed by atoms with Crippen LogP contribution in [0.15, 0.2) is 35.2 Å². The zero-order chi connectivity index (χ0) is 15.0. The van der Waals surface area contributed by atoms with Crippen LogP contribution < -0.4 is 4.72 Å². The number of fused-ring (bicyclic) bond motifs is 1. The fraction of sp³-hybridized carbons (Fsp3) is 0.357. The van der Waals surface area contributed by atoms with Gasteiger partial charge in [-0.25, -0.2) is 18.1 Å². The first-order chi connectivity index (χ1) is 9.23. The number of sulfonamides is 1. The summed E-state index contributed by atoms with van der Waals surface area (Å²) in [5.41, 5.74) is 0.192. The molecule has 0 spiro atoms. The molecule has 0 aliphatic rings. The fourth-order valence-corrected chi connectivity index (χ4v) is 3.41. The molecule has 0 atom stereocenters. The third kappa shape index (κ3) is 3.29. The number of halogens is 1. The van der Waals surface area contributed by atoms with E-state index in [9.17, 15) is 8.42 Å². The van der Waals surface area contributed by atoms with Crippen molar-refractivity contribution in [2.75, 3.05) is 0 Å². The molecule has 1 aromatic heterocycles. The van der Waals surface area contributed by atoms with Gasteiger partial charge in [-0.3, -0.25) is 0 Å². The highest BCUT2D eigenvalue weighted by Gasteiger charge is 2.24. The molecule has 0 amide bonds. The van der Waals surface area contributed by atoms with E-state index >= 15 is 0 Å². The van der Waals surface area contributed by atoms with E-state index in [1.165, 1.54) is 0 Å². The van der Waals surface area contributed by atoms with Crippen LogP contribution in [0, 0.1) is 0 Å². The lowest BCUT2D eigenvalue weighted by atomic mass is 10.0. The van der Waals surface area contributed by atoms with Gasteiger partial charge in [0.15, 0.2) is 0 Å². The minimum atomic E-state index is -3.54. The molecular formula is C14H17ClN2O2S. The molecule has 6 heteroatoms. The lowest BCUT2D eigenvalue weighted by Gasteiger charge is -2.24. The Morgan fingerprint density at radius 3 is 2.60 bits per heavy atom. The molecule has 0 saturated carbocycles. The van der Waals surface area contributed by atoms with Crippen molar-refractivity contribution in [2.45, 2.75) is 37.6 Å². The molecule has 0 bridgehead atoms. The number of rotatable bonds is 4. The summed E-state index contributed by atoms with van der Waals surface area (Å²) in [6.07, 6.45) is 0.705. The van der Waals surface area contributed by atoms with Crippen LogP contribution in [-0.2, 0) is 10.0 Å². The molecule has 1 N–H and O–H groups in total. The first-order valence-electron chi connectivity index (χ1n) is 6.34. The number of hydrogen-bond acceptors (Lipinski definition) is 3. The minimum absolute atomic E-state index is 0.232. The maximum Gasteiger partial charge on any atom is 0.241 e. The Morgan fingerprint density at radius 1 is 1.25 bits per heavy atom. The van der Waals surface area contributed by atoms with E-state index in [4.69, 9.17) is 11.6 Å². The van der Waals surface area contributed by atoms with Crippen molar-refractivity contribution in [1.29, 1.82) is 0 Å². The molecule has 1 heterocycles. The molecule has 2 aromatic rings. The van der Waals surface area contributed by atoms with Crippen LogP contribution >= 0.6 is 11.6 Å². The predicted molar refractivity (Wildman–Crippen MR) is 81.4 cm³/mol. The summed E-state index contributed by atoms with van der Waals surface area (Å²) in [5, 5.41) is 1.13. The minimum Gasteiger partial charge on any atom is -0.236 e. The van der Waals surface area contributed by atoms with Crippen molar-refractivity contribution in [1.82, 2.24) is 9.71 Å². The number of aromatic nitrogens is 1. The van der Waals surface area contributed by atoms with Crippen molar-refractivity contribution in [3.05, 3.63) is 35.5 Å². The Hall–Kier alpha value is -1.17. The summed E-state index contributed by atoms with van der Waals surface area (Å²) in [6.45, 7) is 5.65. The van der Waals surface area contributed by atoms with Gasteiger partial charge in [0.25, 0.3) is 0 Å². The van der Waals surface area contributed by atoms with Crippen molar-refractivity contribution >= 4 is 32.5 Å². The molecule has 2 rings (SSSR count). The molecular weight excluding hydrogens is 296 g/mol. The van der Waals surface area contributed by atoms with Crippen LogP contribution in [0.1, 0.15) is 27.2 Å². The highest BCUT2D eigenvalue weighted by molar-refractivity contribution is 7.89. The Bertz CT molecular complexity index is 742. The lowest BCUT2D eigenvalue weighted by molar-refractivity contribution is 0.439. The van der Waals surface area contributed by atoms with Crippen molar-refractivity contribution < 1.29 is 8.42 Å². The largest absolute Gasteiger partial charge is 0.241 e. The van der Waals surface area contributed by atoms with Gasteiger partial charge in [0.05, 0.1) is 10.4 Å². The van der Waals surface area contributed by atoms with Crippen LogP contribution in [0.2, 0.25) is 5.15 Å². The van der Waals surface area contributed by atoms with Crippen LogP contribution in [-0.4, -0.2) is 18.9 Å². The Labute approximate surface area is 124 Å². The van der Waals surface area contributed by atoms with E-state index in [1.54, 1.807) is 30.3 Å². The molecule has 0 radical (unpaired) electrons. The average Bonchev–Trinajstić information content (AvgIpc) is 2.37. The van der Waals surface area contributed by atoms with Gasteiger partial charge in [-0.1, -0.05) is 18.5 Å². The van der Waals surface area contributed by atoms with Gasteiger partial charge in [0, 0.05) is 10.9 Å². The maximum atomic E-state index is 12.4. The van der Waals surface area contributed by atoms with Crippen LogP contribution in [0.4, 0.5) is 0 Å². The molecule has 0 unspecified atom stereocenters. The normalized spacial score (nSPS) is 12.8. The maximum absolute atomic E-state index is 12.4. The Morgan fingerprint density at radius 2 is 1.95 bits per heavy atom. The van der Waals surface area contributed by atoms with Crippen LogP contribution in [0.3, 0.4) is 0 Å². The first-order valence-corrected chi connectivity index (χ1v) is 8.20. The second kappa shape index (κ2) is 5.31. The molecule has 108 valence electrons. The van der Waals surface area contributed by atoms with Crippen molar-refractivity contribution in [2.24, 2.45) is 0 Å². The van der Waals surface area contributed by atoms with E-state index in [0.29, 0.717) is 17.1 Å². The zero-order valence-electron chi connectivity index (χ0n) is 11.6. The van der Waals surface area contributed by atoms with Crippen LogP contribution in [0.25, 0.3) is 10.9 Å². The van der Waals surface area contributed by atoms with Gasteiger partial charge >= 0.3 is 0 Å². The number of nitrogens with zero attached hydrogens (tertiary/aromatic N) is 1. The summed E-state index contributed by atoms with van der Waals surface area (Å²) in [5.74, 6) is 0. The molecule has 0 saturated heterocycles. The Kier molecular flexibility index (Phi) is 4.04. The molecule has 20 heavy (non-hydrogen) atoms. The molecule has 1 aromatic carbocycles. The number of hydrogen-bond donors (Lipinski definition) is 1. The summed E-state index contributed by atoms with van der Waals surface area (Å²) >= 11 is 5.81. The van der Waals surface area contributed by atoms with Gasteiger partial charge in [-0.05, 0) is 50.6 Å². The lowest BCUT2D eigenvalue weighted by Crippen LogP contribution is -2.42. The van der Waals surface area contributed by atoms with Gasteiger partial charge in [-0.2, -0.15) is 0 Å². The van der Waals surface area contributed by atoms with Gasteiger partial charge < -0.3 is 0 Å². The van der Waals surface area contributed by atoms with E-state index in [0.717, 1.165) is 5.39 Å². The first kappa shape index (κ1) is 15.2. The molecule has 0 aliphatic carbocycles. The fourth-order valence-electron chi connectivity index (χ4n) is 1.74. The monoisotopic (exact) mass is 312 g/mol. The smallest absolute Gasteiger partial charge is 0.236 e. The third-order valence-electron chi connectivity index (χ3n) is 3.23. The summed E-state index contributed by atoms with van der Waals surface area (Å²) in [6, 6.07) is 8.21. The second-order valence-electron chi connectivity index (χ2n) is 5.33. The highest BCUT2D eigenvalue weighted by atomic mass is 35.5. The van der Waals surface area contributed by atoms with Gasteiger partial charge in [-0.15, -0.1) is 0 Å². The van der Waals surface area contributed by atoms with Gasteiger partial charge in [0.1, 0.15) is 5.15 Å². The summed E-state index contributed by atoms with van der Waals surface area (Å²) in [4.78, 5) is 4.37. The predicted octanol–water partition coefficient (Wildman–Crippen LogP) is 3.36. The Balaban J connectivity index is 2.45. The zero-order valence-corrected chi connectivity index (χ0v) is 13.2. The highest BCUT2D eigenvalue weighted by Crippen LogP contribution is 2.21. The van der Waals surface area contributed by atoms with Gasteiger partial charge in [0.2, 0.25) is 10.0 Å². The van der Waals surface area contributed by atoms with Crippen molar-refractivity contribution in [3.63, 3.8) is 0 Å². The van der Waals surface area contributed by atoms with Crippen molar-refractivity contribution in [3.8, 4) is 0 Å². The van der Waals surface area contributed by atoms with E-state index < -0.39 is 15.6 Å². The quantitative estimate of drug-likeness (QED) is 0.881. The SMILES string of the molecule is CCC(C)(C)NS(=O)(=O)c1ccc2nc(Cl)ccc2c1. The summed E-state index contributed by atoms with van der Waals surface area (Å²) in [7, 11) is -3.54. The van der Waals surface area contributed by atoms with E-state index in [1.807, 2.05) is 20.8 Å². The van der Waals surface area contributed by atoms with Crippen LogP contribution in [0.5, 0.6) is 0 Å². The van der Waals surface area contributed by atoms with E-state index in [2.05, 4.69) is 9.71 Å². The summed E-state index contributed by atoms with van der Waals surface area (Å²) < 4.78 is 27.4. The third-order valence-corrected chi connectivity index (χ3v) is 5.14. The second-order valence-corrected chi connectivity index (χ2v) is 7.40.